The van der Waals surface area contributed by atoms with Gasteiger partial charge in [-0.3, -0.25) is 9.59 Å². The molecule has 0 saturated heterocycles. The van der Waals surface area contributed by atoms with Crippen molar-refractivity contribution in [1.82, 2.24) is 10.3 Å². The van der Waals surface area contributed by atoms with Crippen molar-refractivity contribution in [2.45, 2.75) is 44.6 Å². The third kappa shape index (κ3) is 3.82. The minimum absolute atomic E-state index is 0.0287. The summed E-state index contributed by atoms with van der Waals surface area (Å²) in [5.74, 6) is -1.16. The fourth-order valence-corrected chi connectivity index (χ4v) is 3.73. The summed E-state index contributed by atoms with van der Waals surface area (Å²) in [6.45, 7) is 2.04. The molecule has 2 N–H and O–H groups in total. The first-order valence-electron chi connectivity index (χ1n) is 8.00. The molecule has 1 aromatic heterocycles. The molecule has 0 unspecified atom stereocenters. The number of rotatable bonds is 6. The van der Waals surface area contributed by atoms with Gasteiger partial charge in [-0.25, -0.2) is 4.98 Å². The molecular weight excluding hydrogens is 324 g/mol. The van der Waals surface area contributed by atoms with Gasteiger partial charge in [0.2, 0.25) is 0 Å². The van der Waals surface area contributed by atoms with Gasteiger partial charge in [0.15, 0.2) is 0 Å². The van der Waals surface area contributed by atoms with E-state index in [-0.39, 0.29) is 12.3 Å². The van der Waals surface area contributed by atoms with Crippen molar-refractivity contribution in [3.63, 3.8) is 0 Å². The van der Waals surface area contributed by atoms with Gasteiger partial charge >= 0.3 is 5.97 Å². The van der Waals surface area contributed by atoms with Gasteiger partial charge in [0.05, 0.1) is 17.0 Å². The molecule has 1 amide bonds. The molecule has 1 saturated carbocycles. The molecule has 1 heterocycles. The number of aryl methyl sites for hydroxylation is 1. The van der Waals surface area contributed by atoms with Crippen LogP contribution in [-0.2, 0) is 11.2 Å². The Kier molecular flexibility index (Phi) is 4.66. The Hall–Kier alpha value is -2.21. The molecule has 6 heteroatoms. The first-order chi connectivity index (χ1) is 11.5. The average molecular weight is 344 g/mol. The molecule has 1 aliphatic rings. The van der Waals surface area contributed by atoms with E-state index in [1.807, 2.05) is 6.92 Å². The molecule has 0 radical (unpaired) electrons. The quantitative estimate of drug-likeness (QED) is 0.843. The Morgan fingerprint density at radius 3 is 2.58 bits per heavy atom. The lowest BCUT2D eigenvalue weighted by Crippen LogP contribution is -2.54. The number of nitrogens with zero attached hydrogens (tertiary/aromatic N) is 1. The summed E-state index contributed by atoms with van der Waals surface area (Å²) >= 11 is 1.45. The second-order valence-electron chi connectivity index (χ2n) is 6.45. The van der Waals surface area contributed by atoms with Crippen LogP contribution in [0.1, 0.15) is 52.3 Å². The van der Waals surface area contributed by atoms with Crippen LogP contribution in [0.5, 0.6) is 0 Å². The summed E-state index contributed by atoms with van der Waals surface area (Å²) in [6.07, 6.45) is 3.04. The molecule has 1 aromatic carbocycles. The van der Waals surface area contributed by atoms with Crippen LogP contribution in [0.25, 0.3) is 0 Å². The minimum Gasteiger partial charge on any atom is -0.481 e. The highest BCUT2D eigenvalue weighted by molar-refractivity contribution is 7.09. The first-order valence-corrected chi connectivity index (χ1v) is 8.88. The standard InChI is InChI=1S/C18H20N2O3S/c1-12-3-5-13(6-4-12)9-15-19-14(11-24-15)17(23)20-18(7-2-8-18)10-16(21)22/h3-6,11H,2,7-10H2,1H3,(H,20,23)(H,21,22). The number of amides is 1. The van der Waals surface area contributed by atoms with Gasteiger partial charge in [0.1, 0.15) is 5.69 Å². The average Bonchev–Trinajstić information content (AvgIpc) is 2.95. The van der Waals surface area contributed by atoms with Gasteiger partial charge in [-0.1, -0.05) is 29.8 Å². The van der Waals surface area contributed by atoms with Gasteiger partial charge in [0.25, 0.3) is 5.91 Å². The number of carboxylic acids is 1. The Bertz CT molecular complexity index is 748. The highest BCUT2D eigenvalue weighted by Gasteiger charge is 2.40. The Morgan fingerprint density at radius 1 is 1.29 bits per heavy atom. The van der Waals surface area contributed by atoms with Crippen molar-refractivity contribution in [1.29, 1.82) is 0 Å². The lowest BCUT2D eigenvalue weighted by Gasteiger charge is -2.41. The van der Waals surface area contributed by atoms with Gasteiger partial charge in [-0.2, -0.15) is 0 Å². The Balaban J connectivity index is 1.65. The summed E-state index contributed by atoms with van der Waals surface area (Å²) in [5.41, 5.74) is 2.15. The van der Waals surface area contributed by atoms with Crippen LogP contribution in [-0.4, -0.2) is 27.5 Å². The van der Waals surface area contributed by atoms with Crippen LogP contribution in [0.2, 0.25) is 0 Å². The molecule has 0 spiro atoms. The van der Waals surface area contributed by atoms with E-state index in [2.05, 4.69) is 34.6 Å². The molecule has 3 rings (SSSR count). The zero-order valence-corrected chi connectivity index (χ0v) is 14.4. The second kappa shape index (κ2) is 6.73. The first kappa shape index (κ1) is 16.6. The molecule has 126 valence electrons. The normalized spacial score (nSPS) is 15.5. The van der Waals surface area contributed by atoms with E-state index in [9.17, 15) is 9.59 Å². The maximum atomic E-state index is 12.4. The zero-order chi connectivity index (χ0) is 17.2. The van der Waals surface area contributed by atoms with E-state index in [0.717, 1.165) is 17.0 Å². The number of thiazole rings is 1. The predicted octanol–water partition coefficient (Wildman–Crippen LogP) is 3.17. The number of carboxylic acid groups (broad SMARTS) is 1. The summed E-state index contributed by atoms with van der Waals surface area (Å²) in [7, 11) is 0. The summed E-state index contributed by atoms with van der Waals surface area (Å²) in [5, 5.41) is 14.5. The van der Waals surface area contributed by atoms with E-state index < -0.39 is 11.5 Å². The highest BCUT2D eigenvalue weighted by Crippen LogP contribution is 2.35. The van der Waals surface area contributed by atoms with E-state index in [0.29, 0.717) is 25.0 Å². The fourth-order valence-electron chi connectivity index (χ4n) is 2.92. The monoisotopic (exact) mass is 344 g/mol. The summed E-state index contributed by atoms with van der Waals surface area (Å²) < 4.78 is 0. The molecule has 2 aromatic rings. The van der Waals surface area contributed by atoms with Crippen LogP contribution in [0.15, 0.2) is 29.6 Å². The van der Waals surface area contributed by atoms with E-state index >= 15 is 0 Å². The van der Waals surface area contributed by atoms with Crippen molar-refractivity contribution in [3.05, 3.63) is 51.5 Å². The van der Waals surface area contributed by atoms with Crippen LogP contribution in [0.4, 0.5) is 0 Å². The molecule has 24 heavy (non-hydrogen) atoms. The molecule has 0 bridgehead atoms. The van der Waals surface area contributed by atoms with Crippen molar-refractivity contribution in [2.75, 3.05) is 0 Å². The molecule has 0 aliphatic heterocycles. The third-order valence-electron chi connectivity index (χ3n) is 4.44. The van der Waals surface area contributed by atoms with Crippen molar-refractivity contribution in [3.8, 4) is 0 Å². The van der Waals surface area contributed by atoms with Gasteiger partial charge in [-0.05, 0) is 31.7 Å². The SMILES string of the molecule is Cc1ccc(Cc2nc(C(=O)NC3(CC(=O)O)CCC3)cs2)cc1. The predicted molar refractivity (Wildman–Crippen MR) is 92.4 cm³/mol. The minimum atomic E-state index is -0.881. The van der Waals surface area contributed by atoms with Crippen LogP contribution in [0.3, 0.4) is 0 Å². The zero-order valence-electron chi connectivity index (χ0n) is 13.5. The van der Waals surface area contributed by atoms with Gasteiger partial charge in [0, 0.05) is 11.8 Å². The summed E-state index contributed by atoms with van der Waals surface area (Å²) in [6, 6.07) is 8.24. The van der Waals surface area contributed by atoms with Gasteiger partial charge in [-0.15, -0.1) is 11.3 Å². The number of carbonyl (C=O) groups excluding carboxylic acids is 1. The molecular formula is C18H20N2O3S. The van der Waals surface area contributed by atoms with E-state index in [1.165, 1.54) is 16.9 Å². The van der Waals surface area contributed by atoms with Crippen LogP contribution >= 0.6 is 11.3 Å². The van der Waals surface area contributed by atoms with Crippen molar-refractivity contribution in [2.24, 2.45) is 0 Å². The summed E-state index contributed by atoms with van der Waals surface area (Å²) in [4.78, 5) is 27.8. The number of hydrogen-bond acceptors (Lipinski definition) is 4. The second-order valence-corrected chi connectivity index (χ2v) is 7.39. The van der Waals surface area contributed by atoms with Crippen LogP contribution < -0.4 is 5.32 Å². The van der Waals surface area contributed by atoms with Crippen molar-refractivity contribution < 1.29 is 14.7 Å². The number of carbonyl (C=O) groups is 2. The Labute approximate surface area is 144 Å². The third-order valence-corrected chi connectivity index (χ3v) is 5.29. The lowest BCUT2D eigenvalue weighted by atomic mass is 9.74. The Morgan fingerprint density at radius 2 is 2.00 bits per heavy atom. The molecule has 5 nitrogen and oxygen atoms in total. The maximum absolute atomic E-state index is 12.4. The maximum Gasteiger partial charge on any atom is 0.305 e. The van der Waals surface area contributed by atoms with Crippen molar-refractivity contribution >= 4 is 23.2 Å². The molecule has 0 atom stereocenters. The smallest absolute Gasteiger partial charge is 0.305 e. The fraction of sp³-hybridized carbons (Fsp3) is 0.389. The molecule has 1 aliphatic carbocycles. The number of hydrogen-bond donors (Lipinski definition) is 2. The number of nitrogens with one attached hydrogen (secondary N) is 1. The topological polar surface area (TPSA) is 79.3 Å². The highest BCUT2D eigenvalue weighted by atomic mass is 32.1. The van der Waals surface area contributed by atoms with E-state index in [4.69, 9.17) is 5.11 Å². The number of benzene rings is 1. The van der Waals surface area contributed by atoms with E-state index in [1.54, 1.807) is 5.38 Å². The van der Waals surface area contributed by atoms with Crippen LogP contribution in [0, 0.1) is 6.92 Å². The lowest BCUT2D eigenvalue weighted by molar-refractivity contribution is -0.139. The molecule has 1 fully saturated rings. The largest absolute Gasteiger partial charge is 0.481 e. The number of aromatic nitrogens is 1. The number of aliphatic carboxylic acids is 1. The van der Waals surface area contributed by atoms with Gasteiger partial charge < -0.3 is 10.4 Å².